The van der Waals surface area contributed by atoms with Crippen LogP contribution in [-0.2, 0) is 0 Å². The number of rotatable bonds is 4. The fraction of sp³-hybridized carbons (Fsp3) is 0.750. The van der Waals surface area contributed by atoms with Gasteiger partial charge in [0.2, 0.25) is 0 Å². The summed E-state index contributed by atoms with van der Waals surface area (Å²) >= 11 is 1.85. The van der Waals surface area contributed by atoms with E-state index in [0.29, 0.717) is 11.5 Å². The monoisotopic (exact) mass is 280 g/mol. The van der Waals surface area contributed by atoms with Crippen molar-refractivity contribution >= 4 is 11.3 Å². The molecule has 0 bridgehead atoms. The fourth-order valence-corrected chi connectivity index (χ4v) is 4.00. The van der Waals surface area contributed by atoms with Gasteiger partial charge < -0.3 is 5.73 Å². The standard InChI is InChI=1S/C16H28N2S/c1-4-13(17)15(14-7-5-12-19-14)18-10-6-8-16(2,3)9-11-18/h5,7,12-13,15H,4,6,8-11,17H2,1-3H3. The van der Waals surface area contributed by atoms with Crippen molar-refractivity contribution in [3.8, 4) is 0 Å². The predicted molar refractivity (Wildman–Crippen MR) is 84.5 cm³/mol. The van der Waals surface area contributed by atoms with E-state index < -0.39 is 0 Å². The lowest BCUT2D eigenvalue weighted by atomic mass is 9.85. The first-order valence-corrected chi connectivity index (χ1v) is 8.44. The Morgan fingerprint density at radius 2 is 2.16 bits per heavy atom. The van der Waals surface area contributed by atoms with E-state index in [1.54, 1.807) is 0 Å². The quantitative estimate of drug-likeness (QED) is 0.902. The Morgan fingerprint density at radius 1 is 1.37 bits per heavy atom. The molecule has 1 aromatic rings. The van der Waals surface area contributed by atoms with Crippen molar-refractivity contribution in [2.24, 2.45) is 11.1 Å². The molecule has 2 unspecified atom stereocenters. The normalized spacial score (nSPS) is 23.8. The summed E-state index contributed by atoms with van der Waals surface area (Å²) in [4.78, 5) is 4.07. The molecule has 0 aromatic carbocycles. The predicted octanol–water partition coefficient (Wildman–Crippen LogP) is 4.04. The number of thiophene rings is 1. The molecular formula is C16H28N2S. The van der Waals surface area contributed by atoms with Crippen LogP contribution in [0.1, 0.15) is 57.4 Å². The maximum atomic E-state index is 6.42. The molecule has 1 aliphatic heterocycles. The number of hydrogen-bond donors (Lipinski definition) is 1. The first-order valence-electron chi connectivity index (χ1n) is 7.56. The van der Waals surface area contributed by atoms with Gasteiger partial charge in [0.05, 0.1) is 6.04 Å². The van der Waals surface area contributed by atoms with Crippen molar-refractivity contribution in [3.63, 3.8) is 0 Å². The Kier molecular flexibility index (Phi) is 5.04. The van der Waals surface area contributed by atoms with Crippen molar-refractivity contribution in [1.29, 1.82) is 0 Å². The lowest BCUT2D eigenvalue weighted by Crippen LogP contribution is -2.41. The minimum atomic E-state index is 0.250. The van der Waals surface area contributed by atoms with E-state index >= 15 is 0 Å². The Bertz CT molecular complexity index is 372. The highest BCUT2D eigenvalue weighted by Gasteiger charge is 2.30. The number of nitrogens with zero attached hydrogens (tertiary/aromatic N) is 1. The Hall–Kier alpha value is -0.380. The molecule has 0 aliphatic carbocycles. The average Bonchev–Trinajstić information content (AvgIpc) is 2.82. The summed E-state index contributed by atoms with van der Waals surface area (Å²) in [6, 6.07) is 5.07. The Morgan fingerprint density at radius 3 is 2.79 bits per heavy atom. The van der Waals surface area contributed by atoms with Crippen LogP contribution in [0.2, 0.25) is 0 Å². The Labute approximate surface area is 122 Å². The van der Waals surface area contributed by atoms with Crippen molar-refractivity contribution in [3.05, 3.63) is 22.4 Å². The molecule has 2 N–H and O–H groups in total. The first kappa shape index (κ1) is 15.0. The second-order valence-electron chi connectivity index (χ2n) is 6.59. The minimum absolute atomic E-state index is 0.250. The molecular weight excluding hydrogens is 252 g/mol. The number of nitrogens with two attached hydrogens (primary N) is 1. The van der Waals surface area contributed by atoms with Crippen LogP contribution in [-0.4, -0.2) is 24.0 Å². The van der Waals surface area contributed by atoms with Gasteiger partial charge in [-0.1, -0.05) is 26.8 Å². The highest BCUT2D eigenvalue weighted by atomic mass is 32.1. The van der Waals surface area contributed by atoms with E-state index in [9.17, 15) is 0 Å². The maximum absolute atomic E-state index is 6.42. The van der Waals surface area contributed by atoms with E-state index in [1.165, 1.54) is 37.2 Å². The van der Waals surface area contributed by atoms with Gasteiger partial charge in [-0.15, -0.1) is 11.3 Å². The van der Waals surface area contributed by atoms with Gasteiger partial charge in [0.1, 0.15) is 0 Å². The van der Waals surface area contributed by atoms with Crippen molar-refractivity contribution < 1.29 is 0 Å². The van der Waals surface area contributed by atoms with Gasteiger partial charge in [-0.05, 0) is 55.6 Å². The van der Waals surface area contributed by atoms with Crippen LogP contribution >= 0.6 is 11.3 Å². The van der Waals surface area contributed by atoms with Crippen LogP contribution in [0.4, 0.5) is 0 Å². The molecule has 0 spiro atoms. The largest absolute Gasteiger partial charge is 0.326 e. The van der Waals surface area contributed by atoms with Crippen LogP contribution in [0.3, 0.4) is 0 Å². The summed E-state index contributed by atoms with van der Waals surface area (Å²) in [6.45, 7) is 9.38. The smallest absolute Gasteiger partial charge is 0.0593 e. The van der Waals surface area contributed by atoms with Crippen LogP contribution in [0.15, 0.2) is 17.5 Å². The lowest BCUT2D eigenvalue weighted by molar-refractivity contribution is 0.171. The first-order chi connectivity index (χ1) is 9.03. The lowest BCUT2D eigenvalue weighted by Gasteiger charge is -2.34. The third kappa shape index (κ3) is 3.80. The zero-order valence-corrected chi connectivity index (χ0v) is 13.4. The van der Waals surface area contributed by atoms with Crippen molar-refractivity contribution in [2.45, 2.75) is 58.5 Å². The summed E-state index contributed by atoms with van der Waals surface area (Å²) in [5, 5.41) is 2.17. The molecule has 108 valence electrons. The van der Waals surface area contributed by atoms with Crippen LogP contribution in [0.5, 0.6) is 0 Å². The van der Waals surface area contributed by atoms with E-state index in [1.807, 2.05) is 11.3 Å². The number of hydrogen-bond acceptors (Lipinski definition) is 3. The molecule has 1 aromatic heterocycles. The summed E-state index contributed by atoms with van der Waals surface area (Å²) in [5.41, 5.74) is 6.91. The summed E-state index contributed by atoms with van der Waals surface area (Å²) < 4.78 is 0. The molecule has 1 aliphatic rings. The second-order valence-corrected chi connectivity index (χ2v) is 7.57. The summed E-state index contributed by atoms with van der Waals surface area (Å²) in [6.07, 6.45) is 4.96. The van der Waals surface area contributed by atoms with Gasteiger partial charge in [-0.25, -0.2) is 0 Å². The third-order valence-electron chi connectivity index (χ3n) is 4.48. The molecule has 2 heterocycles. The highest BCUT2D eigenvalue weighted by molar-refractivity contribution is 7.10. The highest BCUT2D eigenvalue weighted by Crippen LogP contribution is 2.35. The topological polar surface area (TPSA) is 29.3 Å². The molecule has 0 saturated carbocycles. The maximum Gasteiger partial charge on any atom is 0.0593 e. The molecule has 19 heavy (non-hydrogen) atoms. The molecule has 2 atom stereocenters. The van der Waals surface area contributed by atoms with E-state index in [4.69, 9.17) is 5.73 Å². The van der Waals surface area contributed by atoms with E-state index in [0.717, 1.165) is 6.42 Å². The summed E-state index contributed by atoms with van der Waals surface area (Å²) in [5.74, 6) is 0. The molecule has 0 radical (unpaired) electrons. The number of likely N-dealkylation sites (tertiary alicyclic amines) is 1. The average molecular weight is 280 g/mol. The molecule has 3 heteroatoms. The van der Waals surface area contributed by atoms with Crippen molar-refractivity contribution in [2.75, 3.05) is 13.1 Å². The third-order valence-corrected chi connectivity index (χ3v) is 5.42. The summed E-state index contributed by atoms with van der Waals surface area (Å²) in [7, 11) is 0. The Balaban J connectivity index is 2.14. The SMILES string of the molecule is CCC(N)C(c1cccs1)N1CCCC(C)(C)CC1. The zero-order valence-electron chi connectivity index (χ0n) is 12.6. The van der Waals surface area contributed by atoms with Crippen molar-refractivity contribution in [1.82, 2.24) is 4.90 Å². The van der Waals surface area contributed by atoms with Crippen LogP contribution in [0, 0.1) is 5.41 Å². The van der Waals surface area contributed by atoms with Gasteiger partial charge >= 0.3 is 0 Å². The molecule has 0 amide bonds. The van der Waals surface area contributed by atoms with E-state index in [2.05, 4.69) is 43.2 Å². The van der Waals surface area contributed by atoms with Gasteiger partial charge in [0.15, 0.2) is 0 Å². The molecule has 1 saturated heterocycles. The zero-order chi connectivity index (χ0) is 13.9. The molecule has 1 fully saturated rings. The fourth-order valence-electron chi connectivity index (χ4n) is 3.07. The van der Waals surface area contributed by atoms with Crippen LogP contribution < -0.4 is 5.73 Å². The van der Waals surface area contributed by atoms with Gasteiger partial charge in [0, 0.05) is 10.9 Å². The van der Waals surface area contributed by atoms with Gasteiger partial charge in [-0.3, -0.25) is 4.90 Å². The van der Waals surface area contributed by atoms with Gasteiger partial charge in [-0.2, -0.15) is 0 Å². The van der Waals surface area contributed by atoms with E-state index in [-0.39, 0.29) is 6.04 Å². The second kappa shape index (κ2) is 6.38. The molecule has 2 nitrogen and oxygen atoms in total. The van der Waals surface area contributed by atoms with Gasteiger partial charge in [0.25, 0.3) is 0 Å². The minimum Gasteiger partial charge on any atom is -0.326 e. The van der Waals surface area contributed by atoms with Crippen LogP contribution in [0.25, 0.3) is 0 Å². The molecule has 2 rings (SSSR count).